The predicted octanol–water partition coefficient (Wildman–Crippen LogP) is 4.96. The summed E-state index contributed by atoms with van der Waals surface area (Å²) in [5.41, 5.74) is 6.23. The molecule has 0 spiro atoms. The van der Waals surface area contributed by atoms with E-state index >= 15 is 0 Å². The zero-order valence-corrected chi connectivity index (χ0v) is 13.3. The Morgan fingerprint density at radius 2 is 1.83 bits per heavy atom. The number of nitrogens with zero attached hydrogens (tertiary/aromatic N) is 3. The lowest BCUT2D eigenvalue weighted by Crippen LogP contribution is -1.90. The minimum atomic E-state index is 0.709. The molecule has 4 heteroatoms. The molecular weight excluding hydrogens is 306 g/mol. The Bertz CT molecular complexity index is 1000. The first-order valence-electron chi connectivity index (χ1n) is 7.35. The summed E-state index contributed by atoms with van der Waals surface area (Å²) in [5.74, 6) is 0. The van der Waals surface area contributed by atoms with E-state index in [1.54, 1.807) is 0 Å². The zero-order chi connectivity index (χ0) is 15.8. The fraction of sp³-hybridized carbons (Fsp3) is 0.0526. The normalized spacial score (nSPS) is 11.0. The van der Waals surface area contributed by atoms with Gasteiger partial charge in [0.25, 0.3) is 0 Å². The first-order valence-corrected chi connectivity index (χ1v) is 7.72. The van der Waals surface area contributed by atoms with Gasteiger partial charge in [-0.05, 0) is 35.9 Å². The maximum Gasteiger partial charge on any atom is 0.0955 e. The summed E-state index contributed by atoms with van der Waals surface area (Å²) in [6.07, 6.45) is 3.64. The first-order chi connectivity index (χ1) is 11.2. The van der Waals surface area contributed by atoms with Gasteiger partial charge < -0.3 is 4.57 Å². The molecule has 0 amide bonds. The fourth-order valence-electron chi connectivity index (χ4n) is 2.80. The van der Waals surface area contributed by atoms with Crippen molar-refractivity contribution in [3.63, 3.8) is 0 Å². The number of aryl methyl sites for hydroxylation is 1. The van der Waals surface area contributed by atoms with E-state index in [4.69, 9.17) is 11.6 Å². The van der Waals surface area contributed by atoms with Gasteiger partial charge in [-0.25, -0.2) is 4.98 Å². The van der Waals surface area contributed by atoms with Crippen LogP contribution in [-0.2, 0) is 7.05 Å². The van der Waals surface area contributed by atoms with E-state index in [-0.39, 0.29) is 0 Å². The van der Waals surface area contributed by atoms with Crippen LogP contribution in [0.15, 0.2) is 67.1 Å². The molecule has 0 bridgehead atoms. The minimum absolute atomic E-state index is 0.709. The van der Waals surface area contributed by atoms with Crippen LogP contribution in [-0.4, -0.2) is 14.5 Å². The maximum atomic E-state index is 6.14. The highest BCUT2D eigenvalue weighted by Gasteiger charge is 2.10. The number of benzene rings is 2. The molecule has 23 heavy (non-hydrogen) atoms. The summed E-state index contributed by atoms with van der Waals surface area (Å²) in [6.45, 7) is 0. The van der Waals surface area contributed by atoms with Gasteiger partial charge in [0.2, 0.25) is 0 Å². The molecular formula is C19H14ClN3. The van der Waals surface area contributed by atoms with Crippen molar-refractivity contribution in [2.45, 2.75) is 0 Å². The van der Waals surface area contributed by atoms with Gasteiger partial charge >= 0.3 is 0 Å². The van der Waals surface area contributed by atoms with Gasteiger partial charge in [0.05, 0.1) is 23.1 Å². The van der Waals surface area contributed by atoms with Crippen LogP contribution in [0.1, 0.15) is 0 Å². The van der Waals surface area contributed by atoms with Gasteiger partial charge in [-0.1, -0.05) is 35.9 Å². The molecule has 4 rings (SSSR count). The lowest BCUT2D eigenvalue weighted by molar-refractivity contribution is 0.948. The maximum absolute atomic E-state index is 6.14. The average molecular weight is 320 g/mol. The van der Waals surface area contributed by atoms with E-state index in [9.17, 15) is 0 Å². The lowest BCUT2D eigenvalue weighted by Gasteiger charge is -2.10. The van der Waals surface area contributed by atoms with Crippen LogP contribution in [0.5, 0.6) is 0 Å². The third-order valence-electron chi connectivity index (χ3n) is 3.94. The molecule has 0 saturated heterocycles. The van der Waals surface area contributed by atoms with Crippen molar-refractivity contribution in [3.05, 3.63) is 72.1 Å². The summed E-state index contributed by atoms with van der Waals surface area (Å²) in [5, 5.41) is 0.709. The molecule has 3 nitrogen and oxygen atoms in total. The molecule has 0 aliphatic carbocycles. The van der Waals surface area contributed by atoms with E-state index in [1.807, 2.05) is 60.5 Å². The van der Waals surface area contributed by atoms with E-state index in [0.717, 1.165) is 33.4 Å². The van der Waals surface area contributed by atoms with Gasteiger partial charge in [0.1, 0.15) is 0 Å². The first kappa shape index (κ1) is 14.0. The smallest absolute Gasteiger partial charge is 0.0955 e. The number of imidazole rings is 1. The molecule has 112 valence electrons. The van der Waals surface area contributed by atoms with Crippen molar-refractivity contribution in [3.8, 4) is 22.4 Å². The van der Waals surface area contributed by atoms with Crippen LogP contribution in [0.25, 0.3) is 33.4 Å². The number of halogens is 1. The van der Waals surface area contributed by atoms with Crippen LogP contribution in [0.4, 0.5) is 0 Å². The third-order valence-corrected chi connectivity index (χ3v) is 4.18. The largest absolute Gasteiger partial charge is 0.334 e. The average Bonchev–Trinajstić information content (AvgIpc) is 2.95. The SMILES string of the molecule is Cn1cnc2ccc(-c3cccnc3-c3cccc(Cl)c3)cc21. The number of fused-ring (bicyclic) bond motifs is 1. The summed E-state index contributed by atoms with van der Waals surface area (Å²) in [7, 11) is 2.00. The third kappa shape index (κ3) is 2.49. The second-order valence-electron chi connectivity index (χ2n) is 5.47. The van der Waals surface area contributed by atoms with Gasteiger partial charge in [-0.15, -0.1) is 0 Å². The van der Waals surface area contributed by atoms with E-state index in [1.165, 1.54) is 0 Å². The van der Waals surface area contributed by atoms with Crippen LogP contribution < -0.4 is 0 Å². The highest BCUT2D eigenvalue weighted by atomic mass is 35.5. The van der Waals surface area contributed by atoms with Crippen molar-refractivity contribution >= 4 is 22.6 Å². The molecule has 0 radical (unpaired) electrons. The molecule has 0 atom stereocenters. The van der Waals surface area contributed by atoms with Crippen LogP contribution >= 0.6 is 11.6 Å². The molecule has 0 unspecified atom stereocenters. The molecule has 2 aromatic heterocycles. The van der Waals surface area contributed by atoms with Gasteiger partial charge in [0.15, 0.2) is 0 Å². The summed E-state index contributed by atoms with van der Waals surface area (Å²) in [6, 6.07) is 18.1. The van der Waals surface area contributed by atoms with Gasteiger partial charge in [-0.2, -0.15) is 0 Å². The minimum Gasteiger partial charge on any atom is -0.334 e. The number of hydrogen-bond acceptors (Lipinski definition) is 2. The van der Waals surface area contributed by atoms with Crippen molar-refractivity contribution < 1.29 is 0 Å². The second-order valence-corrected chi connectivity index (χ2v) is 5.91. The Morgan fingerprint density at radius 3 is 2.70 bits per heavy atom. The Kier molecular flexibility index (Phi) is 3.36. The highest BCUT2D eigenvalue weighted by Crippen LogP contribution is 2.32. The summed E-state index contributed by atoms with van der Waals surface area (Å²) >= 11 is 6.14. The monoisotopic (exact) mass is 319 g/mol. The standard InChI is InChI=1S/C19H14ClN3/c1-23-12-22-17-8-7-13(11-18(17)23)16-6-3-9-21-19(16)14-4-2-5-15(20)10-14/h2-12H,1H3. The Morgan fingerprint density at radius 1 is 0.913 bits per heavy atom. The van der Waals surface area contributed by atoms with Crippen molar-refractivity contribution in [1.29, 1.82) is 0 Å². The summed E-state index contributed by atoms with van der Waals surface area (Å²) < 4.78 is 2.02. The fourth-order valence-corrected chi connectivity index (χ4v) is 2.99. The highest BCUT2D eigenvalue weighted by molar-refractivity contribution is 6.30. The second kappa shape index (κ2) is 5.52. The lowest BCUT2D eigenvalue weighted by atomic mass is 9.99. The Balaban J connectivity index is 1.93. The molecule has 0 N–H and O–H groups in total. The Hall–Kier alpha value is -2.65. The quantitative estimate of drug-likeness (QED) is 0.523. The van der Waals surface area contributed by atoms with Crippen LogP contribution in [0.3, 0.4) is 0 Å². The molecule has 0 aliphatic rings. The van der Waals surface area contributed by atoms with Crippen molar-refractivity contribution in [1.82, 2.24) is 14.5 Å². The van der Waals surface area contributed by atoms with E-state index in [0.29, 0.717) is 5.02 Å². The molecule has 2 aromatic carbocycles. The van der Waals surface area contributed by atoms with E-state index in [2.05, 4.69) is 28.2 Å². The van der Waals surface area contributed by atoms with Crippen molar-refractivity contribution in [2.24, 2.45) is 7.05 Å². The molecule has 4 aromatic rings. The van der Waals surface area contributed by atoms with Gasteiger partial charge in [0, 0.05) is 29.4 Å². The molecule has 0 saturated carbocycles. The van der Waals surface area contributed by atoms with Crippen molar-refractivity contribution in [2.75, 3.05) is 0 Å². The topological polar surface area (TPSA) is 30.7 Å². The zero-order valence-electron chi connectivity index (χ0n) is 12.6. The number of aromatic nitrogens is 3. The molecule has 2 heterocycles. The van der Waals surface area contributed by atoms with Crippen LogP contribution in [0.2, 0.25) is 5.02 Å². The molecule has 0 fully saturated rings. The predicted molar refractivity (Wildman–Crippen MR) is 94.4 cm³/mol. The number of rotatable bonds is 2. The Labute approximate surface area is 139 Å². The number of hydrogen-bond donors (Lipinski definition) is 0. The number of pyridine rings is 1. The van der Waals surface area contributed by atoms with E-state index < -0.39 is 0 Å². The van der Waals surface area contributed by atoms with Crippen LogP contribution in [0, 0.1) is 0 Å². The van der Waals surface area contributed by atoms with Gasteiger partial charge in [-0.3, -0.25) is 4.98 Å². The molecule has 0 aliphatic heterocycles. The summed E-state index contributed by atoms with van der Waals surface area (Å²) in [4.78, 5) is 8.95.